The van der Waals surface area contributed by atoms with Crippen LogP contribution in [0.3, 0.4) is 0 Å². The van der Waals surface area contributed by atoms with Crippen molar-refractivity contribution in [3.8, 4) is 0 Å². The topological polar surface area (TPSA) is 66.4 Å². The zero-order valence-electron chi connectivity index (χ0n) is 8.36. The highest BCUT2D eigenvalue weighted by atomic mass is 32.2. The molecule has 14 heavy (non-hydrogen) atoms. The lowest BCUT2D eigenvalue weighted by molar-refractivity contribution is -0.145. The van der Waals surface area contributed by atoms with E-state index in [1.165, 1.54) is 0 Å². The summed E-state index contributed by atoms with van der Waals surface area (Å²) in [4.78, 5) is 10.6. The molecule has 4 nitrogen and oxygen atoms in total. The maximum Gasteiger partial charge on any atom is 0.308 e. The largest absolute Gasteiger partial charge is 0.481 e. The van der Waals surface area contributed by atoms with Crippen LogP contribution in [0.5, 0.6) is 0 Å². The molecule has 1 fully saturated rings. The van der Waals surface area contributed by atoms with Crippen LogP contribution in [-0.4, -0.2) is 39.4 Å². The van der Waals surface area contributed by atoms with Gasteiger partial charge in [-0.1, -0.05) is 6.92 Å². The molecule has 1 aliphatic rings. The monoisotopic (exact) mass is 219 g/mol. The van der Waals surface area contributed by atoms with Crippen molar-refractivity contribution >= 4 is 16.8 Å². The van der Waals surface area contributed by atoms with Crippen molar-refractivity contribution in [2.24, 2.45) is 5.92 Å². The third-order valence-corrected chi connectivity index (χ3v) is 3.95. The number of carboxylic acids is 1. The van der Waals surface area contributed by atoms with Gasteiger partial charge in [-0.05, 0) is 12.8 Å². The molecule has 1 saturated carbocycles. The lowest BCUT2D eigenvalue weighted by Crippen LogP contribution is -2.48. The highest BCUT2D eigenvalue weighted by molar-refractivity contribution is 7.84. The first kappa shape index (κ1) is 11.7. The van der Waals surface area contributed by atoms with Gasteiger partial charge >= 0.3 is 5.97 Å². The number of hydrogen-bond acceptors (Lipinski definition) is 3. The first-order chi connectivity index (χ1) is 6.65. The summed E-state index contributed by atoms with van der Waals surface area (Å²) in [6, 6.07) is 0.0985. The molecule has 0 bridgehead atoms. The van der Waals surface area contributed by atoms with Crippen LogP contribution in [0, 0.1) is 5.92 Å². The molecule has 0 aliphatic heterocycles. The SMILES string of the molecule is CCS(=O)CCNC1CCC1C(=O)O. The van der Waals surface area contributed by atoms with Gasteiger partial charge in [-0.25, -0.2) is 0 Å². The van der Waals surface area contributed by atoms with Crippen LogP contribution in [0.15, 0.2) is 0 Å². The Kier molecular flexibility index (Phi) is 4.54. The van der Waals surface area contributed by atoms with Crippen LogP contribution in [0.1, 0.15) is 19.8 Å². The molecular weight excluding hydrogens is 202 g/mol. The molecule has 82 valence electrons. The second kappa shape index (κ2) is 5.46. The molecule has 3 unspecified atom stereocenters. The van der Waals surface area contributed by atoms with E-state index in [-0.39, 0.29) is 12.0 Å². The Morgan fingerprint density at radius 3 is 2.71 bits per heavy atom. The molecule has 0 saturated heterocycles. The predicted molar refractivity (Wildman–Crippen MR) is 55.7 cm³/mol. The third-order valence-electron chi connectivity index (χ3n) is 2.65. The molecule has 2 N–H and O–H groups in total. The smallest absolute Gasteiger partial charge is 0.308 e. The van der Waals surface area contributed by atoms with Gasteiger partial charge in [0.1, 0.15) is 0 Å². The van der Waals surface area contributed by atoms with Gasteiger partial charge in [0.05, 0.1) is 5.92 Å². The average molecular weight is 219 g/mol. The summed E-state index contributed by atoms with van der Waals surface area (Å²) in [6.07, 6.45) is 1.69. The van der Waals surface area contributed by atoms with Crippen LogP contribution in [-0.2, 0) is 15.6 Å². The van der Waals surface area contributed by atoms with Crippen molar-refractivity contribution in [2.75, 3.05) is 18.1 Å². The van der Waals surface area contributed by atoms with Crippen LogP contribution < -0.4 is 5.32 Å². The molecule has 0 amide bonds. The van der Waals surface area contributed by atoms with Crippen molar-refractivity contribution in [1.29, 1.82) is 0 Å². The van der Waals surface area contributed by atoms with E-state index in [2.05, 4.69) is 5.32 Å². The number of nitrogens with one attached hydrogen (secondary N) is 1. The molecular formula is C9H17NO3S. The standard InChI is InChI=1S/C9H17NO3S/c1-2-14(13)6-5-10-8-4-3-7(8)9(11)12/h7-8,10H,2-6H2,1H3,(H,11,12). The number of carboxylic acid groups (broad SMARTS) is 1. The number of aliphatic carboxylic acids is 1. The highest BCUT2D eigenvalue weighted by Crippen LogP contribution is 2.27. The van der Waals surface area contributed by atoms with Crippen LogP contribution in [0.4, 0.5) is 0 Å². The van der Waals surface area contributed by atoms with Gasteiger partial charge in [-0.2, -0.15) is 0 Å². The van der Waals surface area contributed by atoms with Crippen molar-refractivity contribution in [3.63, 3.8) is 0 Å². The minimum absolute atomic E-state index is 0.0985. The van der Waals surface area contributed by atoms with Crippen molar-refractivity contribution < 1.29 is 14.1 Å². The van der Waals surface area contributed by atoms with E-state index in [1.807, 2.05) is 6.92 Å². The van der Waals surface area contributed by atoms with E-state index in [0.29, 0.717) is 18.1 Å². The van der Waals surface area contributed by atoms with Gasteiger partial charge in [0.2, 0.25) is 0 Å². The summed E-state index contributed by atoms with van der Waals surface area (Å²) < 4.78 is 11.1. The molecule has 0 aromatic carbocycles. The predicted octanol–water partition coefficient (Wildman–Crippen LogP) is 0.208. The second-order valence-electron chi connectivity index (χ2n) is 3.52. The summed E-state index contributed by atoms with van der Waals surface area (Å²) in [5.41, 5.74) is 0. The fourth-order valence-electron chi connectivity index (χ4n) is 1.54. The Hall–Kier alpha value is -0.420. The number of rotatable bonds is 6. The van der Waals surface area contributed by atoms with Crippen LogP contribution in [0.25, 0.3) is 0 Å². The maximum absolute atomic E-state index is 11.1. The summed E-state index contributed by atoms with van der Waals surface area (Å²) >= 11 is 0. The number of carbonyl (C=O) groups is 1. The molecule has 0 aromatic heterocycles. The fraction of sp³-hybridized carbons (Fsp3) is 0.889. The highest BCUT2D eigenvalue weighted by Gasteiger charge is 2.35. The first-order valence-corrected chi connectivity index (χ1v) is 6.45. The zero-order chi connectivity index (χ0) is 10.6. The average Bonchev–Trinajstić information content (AvgIpc) is 2.08. The molecule has 5 heteroatoms. The van der Waals surface area contributed by atoms with E-state index in [1.54, 1.807) is 0 Å². The fourth-order valence-corrected chi connectivity index (χ4v) is 2.18. The second-order valence-corrected chi connectivity index (χ2v) is 5.38. The van der Waals surface area contributed by atoms with Crippen molar-refractivity contribution in [2.45, 2.75) is 25.8 Å². The Morgan fingerprint density at radius 1 is 1.57 bits per heavy atom. The number of hydrogen-bond donors (Lipinski definition) is 2. The van der Waals surface area contributed by atoms with Gasteiger partial charge in [-0.15, -0.1) is 0 Å². The minimum Gasteiger partial charge on any atom is -0.481 e. The Bertz CT molecular complexity index is 232. The van der Waals surface area contributed by atoms with Crippen molar-refractivity contribution in [3.05, 3.63) is 0 Å². The Balaban J connectivity index is 2.13. The molecule has 1 aliphatic carbocycles. The van der Waals surface area contributed by atoms with Crippen molar-refractivity contribution in [1.82, 2.24) is 5.32 Å². The van der Waals surface area contributed by atoms with E-state index in [0.717, 1.165) is 12.8 Å². The summed E-state index contributed by atoms with van der Waals surface area (Å²) in [5.74, 6) is 0.351. The minimum atomic E-state index is -0.753. The maximum atomic E-state index is 11.1. The van der Waals surface area contributed by atoms with E-state index >= 15 is 0 Å². The normalized spacial score (nSPS) is 28.1. The lowest BCUT2D eigenvalue weighted by Gasteiger charge is -2.34. The van der Waals surface area contributed by atoms with E-state index in [4.69, 9.17) is 5.11 Å². The zero-order valence-corrected chi connectivity index (χ0v) is 9.18. The summed E-state index contributed by atoms with van der Waals surface area (Å²) in [6.45, 7) is 2.55. The van der Waals surface area contributed by atoms with Gasteiger partial charge in [0.25, 0.3) is 0 Å². The lowest BCUT2D eigenvalue weighted by atomic mass is 9.80. The molecule has 0 heterocycles. The van der Waals surface area contributed by atoms with Gasteiger partial charge in [0, 0.05) is 34.9 Å². The summed E-state index contributed by atoms with van der Waals surface area (Å²) in [5, 5.41) is 11.9. The molecule has 0 aromatic rings. The molecule has 1 rings (SSSR count). The first-order valence-electron chi connectivity index (χ1n) is 4.96. The van der Waals surface area contributed by atoms with Gasteiger partial charge < -0.3 is 10.4 Å². The Morgan fingerprint density at radius 2 is 2.29 bits per heavy atom. The Labute approximate surface area is 86.5 Å². The van der Waals surface area contributed by atoms with E-state index < -0.39 is 16.8 Å². The molecule has 0 spiro atoms. The van der Waals surface area contributed by atoms with Gasteiger partial charge in [-0.3, -0.25) is 9.00 Å². The van der Waals surface area contributed by atoms with E-state index in [9.17, 15) is 9.00 Å². The van der Waals surface area contributed by atoms with Crippen LogP contribution >= 0.6 is 0 Å². The quantitative estimate of drug-likeness (QED) is 0.670. The summed E-state index contributed by atoms with van der Waals surface area (Å²) in [7, 11) is -0.753. The van der Waals surface area contributed by atoms with Gasteiger partial charge in [0.15, 0.2) is 0 Å². The van der Waals surface area contributed by atoms with Crippen LogP contribution in [0.2, 0.25) is 0 Å². The molecule has 3 atom stereocenters. The molecule has 0 radical (unpaired) electrons. The third kappa shape index (κ3) is 3.06.